The molecule has 1 aliphatic carbocycles. The van der Waals surface area contributed by atoms with Crippen molar-refractivity contribution >= 4 is 37.5 Å². The number of para-hydroxylation sites is 1. The average Bonchev–Trinajstić information content (AvgIpc) is 3.83. The summed E-state index contributed by atoms with van der Waals surface area (Å²) in [5.74, 6) is 0.533. The van der Waals surface area contributed by atoms with Gasteiger partial charge in [0.05, 0.1) is 32.5 Å². The first-order valence-corrected chi connectivity index (χ1v) is 20.5. The Kier molecular flexibility index (Phi) is 5.95. The van der Waals surface area contributed by atoms with Crippen molar-refractivity contribution in [3.63, 3.8) is 0 Å². The minimum absolute atomic E-state index is 0.0161. The first kappa shape index (κ1) is 28.5. The molecule has 0 amide bonds. The van der Waals surface area contributed by atoms with Gasteiger partial charge < -0.3 is 4.74 Å². The van der Waals surface area contributed by atoms with E-state index in [1.54, 1.807) is 35.6 Å². The molecule has 10 aromatic rings. The SMILES string of the molecule is [2H]C([2H])([2H])C1(C([2H])([2H])[2H])c2ccc(C)cc2Oc2c1cc(-c1c(C)ccc3c1nc1sc4ccccc4n13)c(C)c2-c1ncc2c(n1)-c1ccccc1-c1ccccc1-c1ccccc1-2. The number of hydrogen-bond donors (Lipinski definition) is 0. The number of benzene rings is 7. The van der Waals surface area contributed by atoms with Crippen LogP contribution >= 0.6 is 11.3 Å². The Morgan fingerprint density at radius 2 is 1.27 bits per heavy atom. The molecule has 1 aliphatic heterocycles. The van der Waals surface area contributed by atoms with Crippen molar-refractivity contribution in [2.75, 3.05) is 0 Å². The maximum absolute atomic E-state index is 9.30. The smallest absolute Gasteiger partial charge is 0.195 e. The van der Waals surface area contributed by atoms with Crippen molar-refractivity contribution in [1.82, 2.24) is 19.4 Å². The first-order valence-electron chi connectivity index (χ1n) is 22.7. The fourth-order valence-electron chi connectivity index (χ4n) is 9.38. The summed E-state index contributed by atoms with van der Waals surface area (Å²) in [6.07, 6.45) is 1.84. The molecule has 12 rings (SSSR count). The predicted octanol–water partition coefficient (Wildman–Crippen LogP) is 14.2. The molecule has 0 fully saturated rings. The third kappa shape index (κ3) is 4.81. The highest BCUT2D eigenvalue weighted by Crippen LogP contribution is 2.55. The molecule has 2 aliphatic rings. The average molecular weight is 785 g/mol. The summed E-state index contributed by atoms with van der Waals surface area (Å²) in [7, 11) is 0. The molecule has 0 saturated heterocycles. The van der Waals surface area contributed by atoms with E-state index in [1.807, 2.05) is 75.5 Å². The molecule has 0 N–H and O–H groups in total. The fourth-order valence-corrected chi connectivity index (χ4v) is 10.4. The molecule has 0 bridgehead atoms. The number of fused-ring (bicyclic) bond motifs is 15. The lowest BCUT2D eigenvalue weighted by Crippen LogP contribution is -2.25. The normalized spacial score (nSPS) is 15.4. The van der Waals surface area contributed by atoms with Crippen LogP contribution in [0.25, 0.3) is 93.4 Å². The zero-order valence-corrected chi connectivity index (χ0v) is 33.2. The van der Waals surface area contributed by atoms with Gasteiger partial charge in [-0.1, -0.05) is 128 Å². The summed E-state index contributed by atoms with van der Waals surface area (Å²) < 4.78 is 66.0. The molecule has 5 nitrogen and oxygen atoms in total. The van der Waals surface area contributed by atoms with Gasteiger partial charge in [0.2, 0.25) is 0 Å². The number of aryl methyl sites for hydroxylation is 2. The van der Waals surface area contributed by atoms with E-state index < -0.39 is 19.1 Å². The Morgan fingerprint density at radius 1 is 0.610 bits per heavy atom. The van der Waals surface area contributed by atoms with Crippen molar-refractivity contribution in [3.8, 4) is 78.7 Å². The fraction of sp³-hybridized carbons (Fsp3) is 0.113. The molecular formula is C53H38N4OS. The third-order valence-electron chi connectivity index (χ3n) is 12.2. The van der Waals surface area contributed by atoms with Crippen LogP contribution in [0.4, 0.5) is 0 Å². The largest absolute Gasteiger partial charge is 0.456 e. The van der Waals surface area contributed by atoms with Gasteiger partial charge in [-0.05, 0) is 101 Å². The Labute approximate surface area is 354 Å². The van der Waals surface area contributed by atoms with Gasteiger partial charge in [0.25, 0.3) is 0 Å². The molecule has 3 aromatic heterocycles. The molecule has 0 spiro atoms. The standard InChI is InChI=1S/C53H38N4OS/c1-29-22-24-40-44(26-29)58-50-41(53(40,4)5)27-38(46-30(2)23-25-43-49(46)56-52-57(43)42-20-12-13-21-45(42)59-52)31(3)47(50)51-54-28-39-36-18-9-8-16-34(36)32-14-6-7-15-33(32)35-17-10-11-19-37(35)48(39)55-51/h6-28H,1-5H3/i4D3,5D3. The second-order valence-electron chi connectivity index (χ2n) is 15.7. The number of aromatic nitrogens is 4. The second-order valence-corrected chi connectivity index (χ2v) is 16.7. The highest BCUT2D eigenvalue weighted by molar-refractivity contribution is 7.23. The van der Waals surface area contributed by atoms with Gasteiger partial charge in [0.15, 0.2) is 10.8 Å². The summed E-state index contributed by atoms with van der Waals surface area (Å²) >= 11 is 1.59. The van der Waals surface area contributed by atoms with E-state index in [0.29, 0.717) is 27.9 Å². The van der Waals surface area contributed by atoms with Crippen LogP contribution in [-0.4, -0.2) is 19.4 Å². The number of thiazole rings is 1. The quantitative estimate of drug-likeness (QED) is 0.175. The van der Waals surface area contributed by atoms with E-state index in [4.69, 9.17) is 19.7 Å². The predicted molar refractivity (Wildman–Crippen MR) is 243 cm³/mol. The molecule has 4 heterocycles. The molecule has 0 radical (unpaired) electrons. The van der Waals surface area contributed by atoms with Gasteiger partial charge in [0, 0.05) is 47.7 Å². The van der Waals surface area contributed by atoms with Crippen LogP contribution in [0.1, 0.15) is 49.7 Å². The maximum atomic E-state index is 9.30. The monoisotopic (exact) mass is 784 g/mol. The molecule has 6 heteroatoms. The van der Waals surface area contributed by atoms with Crippen molar-refractivity contribution < 1.29 is 13.0 Å². The van der Waals surface area contributed by atoms with Crippen LogP contribution in [0.5, 0.6) is 11.5 Å². The number of hydrogen-bond acceptors (Lipinski definition) is 5. The summed E-state index contributed by atoms with van der Waals surface area (Å²) in [6, 6.07) is 43.9. The third-order valence-corrected chi connectivity index (χ3v) is 13.2. The molecule has 59 heavy (non-hydrogen) atoms. The van der Waals surface area contributed by atoms with Gasteiger partial charge in [-0.15, -0.1) is 0 Å². The van der Waals surface area contributed by atoms with Crippen LogP contribution < -0.4 is 4.74 Å². The van der Waals surface area contributed by atoms with Crippen molar-refractivity contribution in [2.45, 2.75) is 39.9 Å². The number of rotatable bonds is 2. The minimum Gasteiger partial charge on any atom is -0.456 e. The molecule has 282 valence electrons. The molecule has 0 atom stereocenters. The van der Waals surface area contributed by atoms with Crippen LogP contribution in [0, 0.1) is 20.8 Å². The maximum Gasteiger partial charge on any atom is 0.195 e. The number of ether oxygens (including phenoxy) is 1. The van der Waals surface area contributed by atoms with Gasteiger partial charge in [-0.25, -0.2) is 15.0 Å². The Balaban J connectivity index is 1.23. The van der Waals surface area contributed by atoms with Gasteiger partial charge in [0.1, 0.15) is 11.5 Å². The Morgan fingerprint density at radius 3 is 2.00 bits per heavy atom. The molecule has 0 unspecified atom stereocenters. The zero-order valence-electron chi connectivity index (χ0n) is 38.4. The van der Waals surface area contributed by atoms with Gasteiger partial charge >= 0.3 is 0 Å². The molecule has 0 saturated carbocycles. The van der Waals surface area contributed by atoms with Crippen LogP contribution in [0.2, 0.25) is 0 Å². The van der Waals surface area contributed by atoms with Crippen molar-refractivity contribution in [1.29, 1.82) is 0 Å². The van der Waals surface area contributed by atoms with Crippen LogP contribution in [-0.2, 0) is 5.41 Å². The van der Waals surface area contributed by atoms with E-state index in [1.165, 1.54) is 0 Å². The number of nitrogens with zero attached hydrogens (tertiary/aromatic N) is 4. The van der Waals surface area contributed by atoms with E-state index in [-0.39, 0.29) is 28.5 Å². The summed E-state index contributed by atoms with van der Waals surface area (Å²) in [4.78, 5) is 16.7. The summed E-state index contributed by atoms with van der Waals surface area (Å²) in [5.41, 5.74) is 11.8. The Hall–Kier alpha value is -6.89. The van der Waals surface area contributed by atoms with Crippen molar-refractivity contribution in [3.05, 3.63) is 167 Å². The van der Waals surface area contributed by atoms with E-state index in [2.05, 4.69) is 65.1 Å². The highest BCUT2D eigenvalue weighted by Gasteiger charge is 2.38. The van der Waals surface area contributed by atoms with E-state index in [0.717, 1.165) is 76.3 Å². The van der Waals surface area contributed by atoms with Gasteiger partial charge in [-0.3, -0.25) is 4.40 Å². The minimum atomic E-state index is -3.08. The topological polar surface area (TPSA) is 52.3 Å². The Bertz CT molecular complexity index is 3660. The molecular weight excluding hydrogens is 741 g/mol. The second kappa shape index (κ2) is 12.3. The van der Waals surface area contributed by atoms with Crippen LogP contribution in [0.15, 0.2) is 140 Å². The van der Waals surface area contributed by atoms with E-state index in [9.17, 15) is 8.22 Å². The summed E-state index contributed by atoms with van der Waals surface area (Å²) in [5, 5.41) is 0. The van der Waals surface area contributed by atoms with Crippen LogP contribution in [0.3, 0.4) is 0 Å². The molecule has 7 aromatic carbocycles. The first-order chi connectivity index (χ1) is 31.3. The lowest BCUT2D eigenvalue weighted by atomic mass is 9.73. The zero-order chi connectivity index (χ0) is 44.7. The highest BCUT2D eigenvalue weighted by atomic mass is 32.1. The lowest BCUT2D eigenvalue weighted by molar-refractivity contribution is 0.419. The summed E-state index contributed by atoms with van der Waals surface area (Å²) in [6.45, 7) is -0.329. The van der Waals surface area contributed by atoms with Crippen molar-refractivity contribution in [2.24, 2.45) is 0 Å². The lowest BCUT2D eigenvalue weighted by Gasteiger charge is -2.37. The number of imidazole rings is 1. The van der Waals surface area contributed by atoms with Gasteiger partial charge in [-0.2, -0.15) is 0 Å². The van der Waals surface area contributed by atoms with E-state index >= 15 is 0 Å².